The van der Waals surface area contributed by atoms with Crippen molar-refractivity contribution >= 4 is 40.6 Å². The van der Waals surface area contributed by atoms with Crippen molar-refractivity contribution in [3.8, 4) is 16.9 Å². The van der Waals surface area contributed by atoms with Crippen molar-refractivity contribution in [2.75, 3.05) is 0 Å². The number of nitrogens with zero attached hydrogens (tertiary/aromatic N) is 1. The van der Waals surface area contributed by atoms with Crippen molar-refractivity contribution in [2.45, 2.75) is 13.5 Å². The molecule has 8 heteroatoms. The molecule has 0 bridgehead atoms. The van der Waals surface area contributed by atoms with Gasteiger partial charge in [0.25, 0.3) is 11.9 Å². The number of carboxylic acids is 1. The van der Waals surface area contributed by atoms with Gasteiger partial charge in [-0.2, -0.15) is 18.2 Å². The molecule has 1 aliphatic rings. The fourth-order valence-corrected chi connectivity index (χ4v) is 4.36. The standard InChI is InChI=1S/C29H21N2O2S.C2H4O2.Na/c32-28-27(34-29(31-28)30-25-14-8-3-9-15-25)19-24-18-23(22-12-6-2-7-13-22)16-17-26(24)33-20-21-10-4-1-5-11-21;1-2(3)4;/h1-2,4-19H,20H2,(H,30,31,32);1H3,(H,3,4);/q-1;;+1. The maximum Gasteiger partial charge on any atom is 1.00 e. The predicted octanol–water partition coefficient (Wildman–Crippen LogP) is 3.72. The molecule has 0 spiro atoms. The van der Waals surface area contributed by atoms with Gasteiger partial charge in [-0.25, -0.2) is 0 Å². The Balaban J connectivity index is 0.000000788. The molecule has 1 amide bonds. The number of carboxylic acid groups (broad SMARTS) is 1. The maximum absolute atomic E-state index is 12.7. The van der Waals surface area contributed by atoms with Crippen molar-refractivity contribution in [3.05, 3.63) is 125 Å². The molecule has 190 valence electrons. The number of aliphatic carboxylic acids is 1. The largest absolute Gasteiger partial charge is 1.00 e. The minimum atomic E-state index is -0.833. The van der Waals surface area contributed by atoms with E-state index in [1.165, 1.54) is 11.8 Å². The molecule has 1 saturated heterocycles. The Bertz CT molecular complexity index is 1460. The van der Waals surface area contributed by atoms with Gasteiger partial charge in [0.05, 0.1) is 4.91 Å². The third-order valence-electron chi connectivity index (χ3n) is 5.22. The molecule has 6 nitrogen and oxygen atoms in total. The Morgan fingerprint density at radius 3 is 2.28 bits per heavy atom. The Morgan fingerprint density at radius 2 is 1.62 bits per heavy atom. The average Bonchev–Trinajstić information content (AvgIpc) is 3.27. The fraction of sp³-hybridized carbons (Fsp3) is 0.0645. The van der Waals surface area contributed by atoms with Crippen LogP contribution in [0.15, 0.2) is 113 Å². The number of hydrogen-bond acceptors (Lipinski definition) is 5. The zero-order valence-electron chi connectivity index (χ0n) is 21.6. The van der Waals surface area contributed by atoms with Crippen LogP contribution in [0.3, 0.4) is 0 Å². The number of amides is 1. The van der Waals surface area contributed by atoms with E-state index in [-0.39, 0.29) is 35.5 Å². The number of benzene rings is 4. The predicted molar refractivity (Wildman–Crippen MR) is 152 cm³/mol. The van der Waals surface area contributed by atoms with E-state index in [1.54, 1.807) is 12.1 Å². The fourth-order valence-electron chi connectivity index (χ4n) is 3.53. The number of thioether (sulfide) groups is 1. The van der Waals surface area contributed by atoms with Gasteiger partial charge in [0.1, 0.15) is 12.4 Å². The zero-order valence-corrected chi connectivity index (χ0v) is 24.4. The SMILES string of the molecule is CC(=O)O.O=C1NC(=Nc2cc[c-]cc2)SC1=Cc1cc(-c2ccccc2)ccc1OCc1ccccc1.[Na+]. The van der Waals surface area contributed by atoms with E-state index >= 15 is 0 Å². The summed E-state index contributed by atoms with van der Waals surface area (Å²) in [6.45, 7) is 1.53. The van der Waals surface area contributed by atoms with E-state index in [1.807, 2.05) is 78.9 Å². The van der Waals surface area contributed by atoms with Crippen LogP contribution in [-0.4, -0.2) is 22.2 Å². The van der Waals surface area contributed by atoms with Crippen molar-refractivity contribution in [1.29, 1.82) is 0 Å². The molecule has 39 heavy (non-hydrogen) atoms. The summed E-state index contributed by atoms with van der Waals surface area (Å²) in [6, 6.07) is 36.5. The number of nitrogens with one attached hydrogen (secondary N) is 1. The molecule has 1 heterocycles. The number of rotatable bonds is 6. The van der Waals surface area contributed by atoms with Crippen LogP contribution >= 0.6 is 11.8 Å². The molecule has 1 aliphatic heterocycles. The first-order valence-corrected chi connectivity index (χ1v) is 12.6. The first-order chi connectivity index (χ1) is 18.5. The van der Waals surface area contributed by atoms with Gasteiger partial charge >= 0.3 is 29.6 Å². The zero-order chi connectivity index (χ0) is 26.7. The Labute approximate surface area is 254 Å². The molecule has 4 aromatic carbocycles. The minimum Gasteiger partial charge on any atom is -0.488 e. The number of ether oxygens (including phenoxy) is 1. The maximum atomic E-state index is 12.7. The smallest absolute Gasteiger partial charge is 0.488 e. The molecule has 0 atom stereocenters. The van der Waals surface area contributed by atoms with Gasteiger partial charge in [-0.3, -0.25) is 14.6 Å². The number of carbonyl (C=O) groups is 2. The van der Waals surface area contributed by atoms with Crippen molar-refractivity contribution < 1.29 is 49.0 Å². The molecule has 5 rings (SSSR count). The molecule has 0 aliphatic carbocycles. The normalized spacial score (nSPS) is 14.1. The Kier molecular flexibility index (Phi) is 11.6. The van der Waals surface area contributed by atoms with Crippen LogP contribution < -0.4 is 39.6 Å². The number of amidine groups is 1. The van der Waals surface area contributed by atoms with E-state index in [0.29, 0.717) is 22.4 Å². The third kappa shape index (κ3) is 9.26. The molecule has 0 unspecified atom stereocenters. The van der Waals surface area contributed by atoms with Crippen LogP contribution in [-0.2, 0) is 16.2 Å². The van der Waals surface area contributed by atoms with Crippen molar-refractivity contribution in [3.63, 3.8) is 0 Å². The van der Waals surface area contributed by atoms with Crippen LogP contribution in [0, 0.1) is 6.07 Å². The first-order valence-electron chi connectivity index (χ1n) is 11.8. The Hall–Kier alpha value is -3.62. The Morgan fingerprint density at radius 1 is 0.974 bits per heavy atom. The molecule has 0 aromatic heterocycles. The molecular formula is C31H25N2NaO4S. The first kappa shape index (κ1) is 29.9. The summed E-state index contributed by atoms with van der Waals surface area (Å²) in [5, 5.41) is 10.8. The summed E-state index contributed by atoms with van der Waals surface area (Å²) in [6.07, 6.45) is 1.87. The van der Waals surface area contributed by atoms with Gasteiger partial charge < -0.3 is 15.2 Å². The molecule has 2 N–H and O–H groups in total. The van der Waals surface area contributed by atoms with Gasteiger partial charge in [-0.1, -0.05) is 66.7 Å². The van der Waals surface area contributed by atoms with E-state index in [2.05, 4.69) is 34.6 Å². The summed E-state index contributed by atoms with van der Waals surface area (Å²) in [4.78, 5) is 26.8. The number of hydrogen-bond donors (Lipinski definition) is 2. The number of aliphatic imine (C=N–C) groups is 1. The molecule has 4 aromatic rings. The van der Waals surface area contributed by atoms with Gasteiger partial charge in [-0.15, -0.1) is 12.1 Å². The van der Waals surface area contributed by atoms with Gasteiger partial charge in [0.15, 0.2) is 5.17 Å². The summed E-state index contributed by atoms with van der Waals surface area (Å²) in [5.74, 6) is -0.293. The second-order valence-corrected chi connectivity index (χ2v) is 9.18. The summed E-state index contributed by atoms with van der Waals surface area (Å²) < 4.78 is 6.16. The van der Waals surface area contributed by atoms with E-state index in [4.69, 9.17) is 14.6 Å². The summed E-state index contributed by atoms with van der Waals surface area (Å²) in [7, 11) is 0. The molecular weight excluding hydrogens is 519 g/mol. The molecule has 0 saturated carbocycles. The van der Waals surface area contributed by atoms with Crippen LogP contribution in [0.1, 0.15) is 18.1 Å². The van der Waals surface area contributed by atoms with E-state index in [9.17, 15) is 4.79 Å². The van der Waals surface area contributed by atoms with Crippen molar-refractivity contribution in [1.82, 2.24) is 5.32 Å². The van der Waals surface area contributed by atoms with Crippen LogP contribution in [0.2, 0.25) is 0 Å². The van der Waals surface area contributed by atoms with Crippen LogP contribution in [0.25, 0.3) is 17.2 Å². The molecule has 1 fully saturated rings. The minimum absolute atomic E-state index is 0. The third-order valence-corrected chi connectivity index (χ3v) is 6.13. The van der Waals surface area contributed by atoms with Crippen LogP contribution in [0.4, 0.5) is 5.69 Å². The number of carbonyl (C=O) groups excluding carboxylic acids is 1. The topological polar surface area (TPSA) is 88.0 Å². The monoisotopic (exact) mass is 544 g/mol. The molecule has 0 radical (unpaired) electrons. The second kappa shape index (κ2) is 15.1. The van der Waals surface area contributed by atoms with Gasteiger partial charge in [-0.05, 0) is 52.3 Å². The quantitative estimate of drug-likeness (QED) is 0.220. The van der Waals surface area contributed by atoms with Crippen molar-refractivity contribution in [2.24, 2.45) is 4.99 Å². The van der Waals surface area contributed by atoms with Crippen LogP contribution in [0.5, 0.6) is 5.75 Å². The summed E-state index contributed by atoms with van der Waals surface area (Å²) >= 11 is 1.32. The van der Waals surface area contributed by atoms with Gasteiger partial charge in [0.2, 0.25) is 0 Å². The second-order valence-electron chi connectivity index (χ2n) is 8.15. The average molecular weight is 545 g/mol. The van der Waals surface area contributed by atoms with Gasteiger partial charge in [0, 0.05) is 12.5 Å². The van der Waals surface area contributed by atoms with E-state index < -0.39 is 5.97 Å². The van der Waals surface area contributed by atoms with E-state index in [0.717, 1.165) is 34.9 Å². The summed E-state index contributed by atoms with van der Waals surface area (Å²) in [5.41, 5.74) is 4.84.